The number of esters is 2. The largest absolute Gasteiger partial charge is 0.493 e. The number of hydrogen-bond donors (Lipinski definition) is 0. The van der Waals surface area contributed by atoms with Crippen molar-refractivity contribution in [3.63, 3.8) is 0 Å². The molecule has 0 aromatic heterocycles. The van der Waals surface area contributed by atoms with Crippen LogP contribution in [0.15, 0.2) is 24.3 Å². The Labute approximate surface area is 151 Å². The first-order valence-electron chi connectivity index (χ1n) is 8.47. The van der Waals surface area contributed by atoms with Crippen molar-refractivity contribution >= 4 is 23.9 Å². The summed E-state index contributed by atoms with van der Waals surface area (Å²) < 4.78 is 15.3. The highest BCUT2D eigenvalue weighted by Gasteiger charge is 2.42. The second kappa shape index (κ2) is 7.59. The molecule has 1 aromatic carbocycles. The minimum atomic E-state index is -0.467. The SMILES string of the molecule is COC(=O)/C=C/c1ccc(OC(=O)C2CC(=O)N(C3CC3)C2)c(OC)c1. The Morgan fingerprint density at radius 3 is 2.62 bits per heavy atom. The van der Waals surface area contributed by atoms with Crippen LogP contribution in [0.5, 0.6) is 11.5 Å². The number of amides is 1. The second-order valence-corrected chi connectivity index (χ2v) is 6.37. The zero-order valence-electron chi connectivity index (χ0n) is 14.8. The lowest BCUT2D eigenvalue weighted by Gasteiger charge is -2.15. The van der Waals surface area contributed by atoms with Gasteiger partial charge in [0.25, 0.3) is 0 Å². The molecule has 1 amide bonds. The van der Waals surface area contributed by atoms with Gasteiger partial charge in [-0.05, 0) is 36.6 Å². The fourth-order valence-electron chi connectivity index (χ4n) is 2.92. The number of likely N-dealkylation sites (tertiary alicyclic amines) is 1. The van der Waals surface area contributed by atoms with Crippen molar-refractivity contribution in [2.75, 3.05) is 20.8 Å². The molecule has 1 unspecified atom stereocenters. The highest BCUT2D eigenvalue weighted by atomic mass is 16.6. The van der Waals surface area contributed by atoms with E-state index in [1.54, 1.807) is 29.2 Å². The lowest BCUT2D eigenvalue weighted by atomic mass is 10.1. The maximum Gasteiger partial charge on any atom is 0.330 e. The maximum atomic E-state index is 12.4. The molecular weight excluding hydrogens is 338 g/mol. The molecular formula is C19H21NO6. The van der Waals surface area contributed by atoms with E-state index in [1.807, 2.05) is 0 Å². The number of nitrogens with zero attached hydrogens (tertiary/aromatic N) is 1. The summed E-state index contributed by atoms with van der Waals surface area (Å²) in [6.07, 6.45) is 5.08. The van der Waals surface area contributed by atoms with E-state index in [-0.39, 0.29) is 18.1 Å². The van der Waals surface area contributed by atoms with E-state index in [9.17, 15) is 14.4 Å². The monoisotopic (exact) mass is 359 g/mol. The smallest absolute Gasteiger partial charge is 0.330 e. The third-order valence-electron chi connectivity index (χ3n) is 4.49. The van der Waals surface area contributed by atoms with Crippen LogP contribution in [0, 0.1) is 5.92 Å². The minimum absolute atomic E-state index is 0.0183. The van der Waals surface area contributed by atoms with Gasteiger partial charge in [-0.25, -0.2) is 4.79 Å². The van der Waals surface area contributed by atoms with Crippen molar-refractivity contribution in [3.8, 4) is 11.5 Å². The molecule has 1 atom stereocenters. The number of hydrogen-bond acceptors (Lipinski definition) is 6. The number of carbonyl (C=O) groups excluding carboxylic acids is 3. The molecule has 0 N–H and O–H groups in total. The van der Waals surface area contributed by atoms with Gasteiger partial charge in [0.15, 0.2) is 11.5 Å². The predicted molar refractivity (Wildman–Crippen MR) is 92.5 cm³/mol. The highest BCUT2D eigenvalue weighted by molar-refractivity contribution is 5.88. The van der Waals surface area contributed by atoms with Crippen molar-refractivity contribution in [2.45, 2.75) is 25.3 Å². The maximum absolute atomic E-state index is 12.4. The standard InChI is InChI=1S/C19H21NO6/c1-24-16-9-12(4-8-18(22)25-2)3-7-15(16)26-19(23)13-10-17(21)20(11-13)14-5-6-14/h3-4,7-9,13-14H,5-6,10-11H2,1-2H3/b8-4+. The Bertz CT molecular complexity index is 752. The molecule has 2 fully saturated rings. The molecule has 1 saturated heterocycles. The van der Waals surface area contributed by atoms with Gasteiger partial charge in [-0.3, -0.25) is 9.59 Å². The van der Waals surface area contributed by atoms with Crippen LogP contribution in [0.2, 0.25) is 0 Å². The van der Waals surface area contributed by atoms with Crippen molar-refractivity contribution < 1.29 is 28.6 Å². The minimum Gasteiger partial charge on any atom is -0.493 e. The quantitative estimate of drug-likeness (QED) is 0.438. The lowest BCUT2D eigenvalue weighted by Crippen LogP contribution is -2.29. The molecule has 1 saturated carbocycles. The Hall–Kier alpha value is -2.83. The van der Waals surface area contributed by atoms with Crippen LogP contribution in [-0.4, -0.2) is 49.6 Å². The highest BCUT2D eigenvalue weighted by Crippen LogP contribution is 2.34. The molecule has 138 valence electrons. The van der Waals surface area contributed by atoms with E-state index in [0.29, 0.717) is 23.9 Å². The molecule has 1 aromatic rings. The fourth-order valence-corrected chi connectivity index (χ4v) is 2.92. The number of rotatable bonds is 6. The molecule has 1 aliphatic heterocycles. The van der Waals surface area contributed by atoms with E-state index in [4.69, 9.17) is 9.47 Å². The predicted octanol–water partition coefficient (Wildman–Crippen LogP) is 1.80. The molecule has 0 bridgehead atoms. The fraction of sp³-hybridized carbons (Fsp3) is 0.421. The number of carbonyl (C=O) groups is 3. The van der Waals surface area contributed by atoms with Gasteiger partial charge in [0.2, 0.25) is 5.91 Å². The van der Waals surface area contributed by atoms with Gasteiger partial charge >= 0.3 is 11.9 Å². The van der Waals surface area contributed by atoms with Gasteiger partial charge in [-0.15, -0.1) is 0 Å². The van der Waals surface area contributed by atoms with Crippen LogP contribution in [-0.2, 0) is 19.1 Å². The molecule has 7 nitrogen and oxygen atoms in total. The van der Waals surface area contributed by atoms with Crippen LogP contribution in [0.4, 0.5) is 0 Å². The van der Waals surface area contributed by atoms with Crippen LogP contribution < -0.4 is 9.47 Å². The molecule has 0 radical (unpaired) electrons. The third-order valence-corrected chi connectivity index (χ3v) is 4.49. The summed E-state index contributed by atoms with van der Waals surface area (Å²) in [5.74, 6) is -0.682. The first kappa shape index (κ1) is 18.0. The summed E-state index contributed by atoms with van der Waals surface area (Å²) in [6.45, 7) is 0.421. The van der Waals surface area contributed by atoms with Gasteiger partial charge in [-0.2, -0.15) is 0 Å². The van der Waals surface area contributed by atoms with Gasteiger partial charge in [-0.1, -0.05) is 6.07 Å². The summed E-state index contributed by atoms with van der Waals surface area (Å²) in [6, 6.07) is 5.25. The van der Waals surface area contributed by atoms with E-state index < -0.39 is 17.9 Å². The van der Waals surface area contributed by atoms with Crippen LogP contribution in [0.3, 0.4) is 0 Å². The Balaban J connectivity index is 1.67. The summed E-state index contributed by atoms with van der Waals surface area (Å²) >= 11 is 0. The van der Waals surface area contributed by atoms with Gasteiger partial charge in [0.05, 0.1) is 20.1 Å². The number of benzene rings is 1. The van der Waals surface area contributed by atoms with E-state index in [2.05, 4.69) is 4.74 Å². The second-order valence-electron chi connectivity index (χ2n) is 6.37. The van der Waals surface area contributed by atoms with E-state index in [1.165, 1.54) is 20.3 Å². The summed E-state index contributed by atoms with van der Waals surface area (Å²) in [4.78, 5) is 37.4. The zero-order chi connectivity index (χ0) is 18.7. The van der Waals surface area contributed by atoms with Crippen molar-refractivity contribution in [3.05, 3.63) is 29.8 Å². The topological polar surface area (TPSA) is 82.1 Å². The Morgan fingerprint density at radius 1 is 1.19 bits per heavy atom. The van der Waals surface area contributed by atoms with E-state index >= 15 is 0 Å². The summed E-state index contributed by atoms with van der Waals surface area (Å²) in [5.41, 5.74) is 0.697. The molecule has 3 rings (SSSR count). The van der Waals surface area contributed by atoms with Crippen molar-refractivity contribution in [2.24, 2.45) is 5.92 Å². The normalized spacial score (nSPS) is 19.7. The molecule has 1 heterocycles. The Kier molecular flexibility index (Phi) is 5.25. The molecule has 7 heteroatoms. The van der Waals surface area contributed by atoms with Crippen molar-refractivity contribution in [1.29, 1.82) is 0 Å². The van der Waals surface area contributed by atoms with Gasteiger partial charge in [0, 0.05) is 25.1 Å². The molecule has 1 aliphatic carbocycles. The number of ether oxygens (including phenoxy) is 3. The average molecular weight is 359 g/mol. The molecule has 0 spiro atoms. The Morgan fingerprint density at radius 2 is 1.96 bits per heavy atom. The van der Waals surface area contributed by atoms with Crippen LogP contribution in [0.1, 0.15) is 24.8 Å². The number of methoxy groups -OCH3 is 2. The van der Waals surface area contributed by atoms with Crippen LogP contribution in [0.25, 0.3) is 6.08 Å². The lowest BCUT2D eigenvalue weighted by molar-refractivity contribution is -0.139. The van der Waals surface area contributed by atoms with Gasteiger partial charge in [0.1, 0.15) is 0 Å². The van der Waals surface area contributed by atoms with Crippen LogP contribution >= 0.6 is 0 Å². The van der Waals surface area contributed by atoms with E-state index in [0.717, 1.165) is 12.8 Å². The summed E-state index contributed by atoms with van der Waals surface area (Å²) in [5, 5.41) is 0. The average Bonchev–Trinajstić information content (AvgIpc) is 3.41. The third kappa shape index (κ3) is 4.04. The van der Waals surface area contributed by atoms with Crippen molar-refractivity contribution in [1.82, 2.24) is 4.90 Å². The summed E-state index contributed by atoms with van der Waals surface area (Å²) in [7, 11) is 2.77. The molecule has 26 heavy (non-hydrogen) atoms. The zero-order valence-corrected chi connectivity index (χ0v) is 14.8. The first-order valence-corrected chi connectivity index (χ1v) is 8.47. The van der Waals surface area contributed by atoms with Gasteiger partial charge < -0.3 is 19.1 Å². The first-order chi connectivity index (χ1) is 12.5. The molecule has 2 aliphatic rings.